The van der Waals surface area contributed by atoms with Crippen LogP contribution < -0.4 is 14.4 Å². The third-order valence-corrected chi connectivity index (χ3v) is 7.25. The first kappa shape index (κ1) is 26.3. The summed E-state index contributed by atoms with van der Waals surface area (Å²) in [6, 6.07) is 17.5. The number of aliphatic hydroxyl groups excluding tert-OH is 1. The number of nitrogens with zero attached hydrogens (tertiary/aromatic N) is 3. The summed E-state index contributed by atoms with van der Waals surface area (Å²) in [6.07, 6.45) is 0.222. The van der Waals surface area contributed by atoms with Crippen molar-refractivity contribution in [1.82, 2.24) is 9.21 Å². The molecule has 1 atom stereocenters. The quantitative estimate of drug-likeness (QED) is 0.488. The van der Waals surface area contributed by atoms with Gasteiger partial charge in [0.05, 0.1) is 6.26 Å². The molecule has 8 nitrogen and oxygen atoms in total. The van der Waals surface area contributed by atoms with E-state index in [-0.39, 0.29) is 19.2 Å². The summed E-state index contributed by atoms with van der Waals surface area (Å²) >= 11 is 0. The Kier molecular flexibility index (Phi) is 9.58. The number of anilines is 1. The maximum atomic E-state index is 11.8. The average molecular weight is 492 g/mol. The third-order valence-electron chi connectivity index (χ3n) is 5.83. The van der Waals surface area contributed by atoms with E-state index in [1.54, 1.807) is 26.0 Å². The van der Waals surface area contributed by atoms with Gasteiger partial charge in [-0.25, -0.2) is 8.42 Å². The first-order valence-electron chi connectivity index (χ1n) is 11.8. The van der Waals surface area contributed by atoms with Crippen LogP contribution in [0.5, 0.6) is 11.5 Å². The minimum atomic E-state index is -3.39. The lowest BCUT2D eigenvalue weighted by atomic mass is 10.2. The highest BCUT2D eigenvalue weighted by Crippen LogP contribution is 2.19. The zero-order valence-corrected chi connectivity index (χ0v) is 21.2. The second kappa shape index (κ2) is 12.4. The van der Waals surface area contributed by atoms with Crippen molar-refractivity contribution >= 4 is 15.7 Å². The Morgan fingerprint density at radius 1 is 0.941 bits per heavy atom. The largest absolute Gasteiger partial charge is 0.492 e. The molecule has 0 saturated carbocycles. The predicted octanol–water partition coefficient (Wildman–Crippen LogP) is 2.30. The predicted molar refractivity (Wildman–Crippen MR) is 135 cm³/mol. The summed E-state index contributed by atoms with van der Waals surface area (Å²) in [7, 11) is -3.39. The molecule has 0 radical (unpaired) electrons. The first-order valence-corrected chi connectivity index (χ1v) is 13.6. The molecule has 188 valence electrons. The number of hydrogen-bond donors (Lipinski definition) is 1. The van der Waals surface area contributed by atoms with Crippen molar-refractivity contribution in [2.24, 2.45) is 0 Å². The maximum Gasteiger partial charge on any atom is 0.211 e. The van der Waals surface area contributed by atoms with Crippen LogP contribution in [0.25, 0.3) is 0 Å². The minimum Gasteiger partial charge on any atom is -0.492 e. The summed E-state index contributed by atoms with van der Waals surface area (Å²) in [5.41, 5.74) is 1.28. The molecule has 0 aromatic heterocycles. The molecule has 1 fully saturated rings. The molecule has 9 heteroatoms. The molecule has 1 N–H and O–H groups in total. The van der Waals surface area contributed by atoms with Crippen LogP contribution in [0.2, 0.25) is 0 Å². The Morgan fingerprint density at radius 3 is 2.09 bits per heavy atom. The van der Waals surface area contributed by atoms with Gasteiger partial charge in [-0.05, 0) is 50.2 Å². The van der Waals surface area contributed by atoms with Gasteiger partial charge in [-0.3, -0.25) is 4.90 Å². The fourth-order valence-electron chi connectivity index (χ4n) is 3.98. The number of benzene rings is 2. The van der Waals surface area contributed by atoms with Gasteiger partial charge in [0.25, 0.3) is 0 Å². The molecular weight excluding hydrogens is 454 g/mol. The average Bonchev–Trinajstić information content (AvgIpc) is 2.82. The van der Waals surface area contributed by atoms with Crippen LogP contribution >= 0.6 is 0 Å². The fourth-order valence-corrected chi connectivity index (χ4v) is 5.18. The van der Waals surface area contributed by atoms with Gasteiger partial charge >= 0.3 is 0 Å². The van der Waals surface area contributed by atoms with Crippen LogP contribution in [0.4, 0.5) is 5.69 Å². The zero-order chi connectivity index (χ0) is 24.6. The molecular formula is C25H37N3O5S. The second-order valence-electron chi connectivity index (χ2n) is 8.88. The molecule has 0 spiro atoms. The molecule has 0 bridgehead atoms. The van der Waals surface area contributed by atoms with Crippen molar-refractivity contribution in [2.45, 2.75) is 26.0 Å². The van der Waals surface area contributed by atoms with E-state index in [0.717, 1.165) is 44.7 Å². The lowest BCUT2D eigenvalue weighted by Crippen LogP contribution is -2.47. The molecule has 0 amide bonds. The monoisotopic (exact) mass is 491 g/mol. The highest BCUT2D eigenvalue weighted by molar-refractivity contribution is 7.88. The lowest BCUT2D eigenvalue weighted by Gasteiger charge is -2.36. The summed E-state index contributed by atoms with van der Waals surface area (Å²) in [5.74, 6) is 1.36. The van der Waals surface area contributed by atoms with Gasteiger partial charge in [0.1, 0.15) is 30.8 Å². The van der Waals surface area contributed by atoms with E-state index in [2.05, 4.69) is 34.1 Å². The van der Waals surface area contributed by atoms with E-state index in [0.29, 0.717) is 12.4 Å². The fraction of sp³-hybridized carbons (Fsp3) is 0.520. The molecule has 1 saturated heterocycles. The molecule has 1 aliphatic rings. The van der Waals surface area contributed by atoms with Crippen molar-refractivity contribution in [1.29, 1.82) is 0 Å². The van der Waals surface area contributed by atoms with Gasteiger partial charge in [-0.2, -0.15) is 4.31 Å². The van der Waals surface area contributed by atoms with Gasteiger partial charge in [-0.15, -0.1) is 0 Å². The molecule has 2 aromatic carbocycles. The van der Waals surface area contributed by atoms with Crippen molar-refractivity contribution in [3.63, 3.8) is 0 Å². The third kappa shape index (κ3) is 8.16. The Hall–Kier alpha value is -2.33. The Labute approximate surface area is 203 Å². The Bertz CT molecular complexity index is 962. The highest BCUT2D eigenvalue weighted by atomic mass is 32.2. The number of rotatable bonds is 12. The lowest BCUT2D eigenvalue weighted by molar-refractivity contribution is 0.0841. The summed E-state index contributed by atoms with van der Waals surface area (Å²) < 4.78 is 36.4. The molecule has 0 aliphatic carbocycles. The van der Waals surface area contributed by atoms with Crippen LogP contribution in [0.3, 0.4) is 0 Å². The summed E-state index contributed by atoms with van der Waals surface area (Å²) in [4.78, 5) is 4.82. The van der Waals surface area contributed by atoms with Crippen LogP contribution in [-0.2, 0) is 10.0 Å². The van der Waals surface area contributed by atoms with E-state index >= 15 is 0 Å². The number of sulfonamides is 1. The van der Waals surface area contributed by atoms with Gasteiger partial charge in [0.15, 0.2) is 0 Å². The highest BCUT2D eigenvalue weighted by Gasteiger charge is 2.23. The van der Waals surface area contributed by atoms with E-state index in [1.165, 1.54) is 9.99 Å². The first-order chi connectivity index (χ1) is 16.2. The number of aliphatic hydroxyl groups is 1. The second-order valence-corrected chi connectivity index (χ2v) is 10.8. The van der Waals surface area contributed by atoms with E-state index in [9.17, 15) is 13.5 Å². The topological polar surface area (TPSA) is 82.6 Å². The molecule has 34 heavy (non-hydrogen) atoms. The minimum absolute atomic E-state index is 0.00268. The Morgan fingerprint density at radius 2 is 1.53 bits per heavy atom. The van der Waals surface area contributed by atoms with Crippen LogP contribution in [-0.4, -0.2) is 93.6 Å². The van der Waals surface area contributed by atoms with Crippen molar-refractivity contribution in [2.75, 3.05) is 63.6 Å². The number of ether oxygens (including phenoxy) is 2. The SMILES string of the molecule is CC(C)N(CC(O)COc1ccc(OCCN2CCN(c3ccccc3)CC2)cc1)S(C)(=O)=O. The number of piperazine rings is 1. The van der Waals surface area contributed by atoms with Crippen molar-refractivity contribution in [3.05, 3.63) is 54.6 Å². The molecule has 3 rings (SSSR count). The number of hydrogen-bond acceptors (Lipinski definition) is 7. The maximum absolute atomic E-state index is 11.8. The van der Waals surface area contributed by atoms with Gasteiger partial charge in [0, 0.05) is 51.0 Å². The Balaban J connectivity index is 1.35. The van der Waals surface area contributed by atoms with Crippen molar-refractivity contribution in [3.8, 4) is 11.5 Å². The van der Waals surface area contributed by atoms with E-state index in [4.69, 9.17) is 9.47 Å². The molecule has 2 aromatic rings. The van der Waals surface area contributed by atoms with E-state index < -0.39 is 16.1 Å². The smallest absolute Gasteiger partial charge is 0.211 e. The van der Waals surface area contributed by atoms with Gasteiger partial charge in [0.2, 0.25) is 10.0 Å². The van der Waals surface area contributed by atoms with Gasteiger partial charge < -0.3 is 19.5 Å². The molecule has 1 heterocycles. The van der Waals surface area contributed by atoms with Crippen LogP contribution in [0.15, 0.2) is 54.6 Å². The normalized spacial score (nSPS) is 16.1. The zero-order valence-electron chi connectivity index (χ0n) is 20.3. The number of para-hydroxylation sites is 1. The summed E-state index contributed by atoms with van der Waals surface area (Å²) in [6.45, 7) is 9.10. The molecule has 1 unspecified atom stereocenters. The summed E-state index contributed by atoms with van der Waals surface area (Å²) in [5, 5.41) is 10.2. The van der Waals surface area contributed by atoms with Crippen molar-refractivity contribution < 1.29 is 23.0 Å². The standard InChI is InChI=1S/C25H37N3O5S/c1-21(2)28(34(3,30)31)19-23(29)20-33-25-11-9-24(10-12-25)32-18-17-26-13-15-27(16-14-26)22-7-5-4-6-8-22/h4-12,21,23,29H,13-20H2,1-3H3. The van der Waals surface area contributed by atoms with Crippen LogP contribution in [0, 0.1) is 0 Å². The van der Waals surface area contributed by atoms with Crippen LogP contribution in [0.1, 0.15) is 13.8 Å². The molecule has 1 aliphatic heterocycles. The van der Waals surface area contributed by atoms with E-state index in [1.807, 2.05) is 18.2 Å². The van der Waals surface area contributed by atoms with Gasteiger partial charge in [-0.1, -0.05) is 18.2 Å².